The van der Waals surface area contributed by atoms with E-state index in [0.717, 1.165) is 21.9 Å². The minimum atomic E-state index is -1.25. The van der Waals surface area contributed by atoms with Gasteiger partial charge in [-0.15, -0.1) is 0 Å². The van der Waals surface area contributed by atoms with Crippen LogP contribution in [0.3, 0.4) is 0 Å². The molecule has 1 aromatic heterocycles. The van der Waals surface area contributed by atoms with Crippen LogP contribution in [0.4, 0.5) is 26.7 Å². The Morgan fingerprint density at radius 3 is 2.16 bits per heavy atom. The van der Waals surface area contributed by atoms with Crippen LogP contribution in [0.25, 0.3) is 22.0 Å². The third kappa shape index (κ3) is 6.55. The van der Waals surface area contributed by atoms with Gasteiger partial charge < -0.3 is 30.1 Å². The van der Waals surface area contributed by atoms with E-state index in [9.17, 15) is 19.5 Å². The number of methoxy groups -OCH3 is 1. The number of morpholine rings is 1. The minimum Gasteiger partial charge on any atom is -0.492 e. The molecule has 2 heterocycles. The number of nitrogens with zero attached hydrogens (tertiary/aromatic N) is 3. The number of benzene rings is 3. The van der Waals surface area contributed by atoms with Gasteiger partial charge in [-0.3, -0.25) is 15.1 Å². The number of carboxylic acid groups (broad SMARTS) is 1. The average molecular weight is 599 g/mol. The summed E-state index contributed by atoms with van der Waals surface area (Å²) in [5.41, 5.74) is 3.17. The standard InChI is InChI=1S/C32H34N6O6/c1-32(2,3)19-15-24(28(43-4)25(16-19)37-31(41)42)36-30(40)35-23-10-9-22(20-7-5-6-8-21(20)23)26-17-34-27(18-33-26)29(39)38-11-13-44-14-12-38/h5-10,15-18,37H,11-14H2,1-4H3,(H,41,42)(H2,35,36,40). The number of hydrogen-bond acceptors (Lipinski definition) is 7. The van der Waals surface area contributed by atoms with Gasteiger partial charge in [-0.25, -0.2) is 14.6 Å². The van der Waals surface area contributed by atoms with Crippen LogP contribution >= 0.6 is 0 Å². The monoisotopic (exact) mass is 598 g/mol. The maximum Gasteiger partial charge on any atom is 0.409 e. The quantitative estimate of drug-likeness (QED) is 0.217. The van der Waals surface area contributed by atoms with Gasteiger partial charge in [0.2, 0.25) is 0 Å². The van der Waals surface area contributed by atoms with Crippen molar-refractivity contribution in [1.29, 1.82) is 0 Å². The molecule has 12 heteroatoms. The fourth-order valence-electron chi connectivity index (χ4n) is 5.00. The summed E-state index contributed by atoms with van der Waals surface area (Å²) in [6.45, 7) is 7.99. The Morgan fingerprint density at radius 1 is 0.886 bits per heavy atom. The van der Waals surface area contributed by atoms with E-state index in [-0.39, 0.29) is 28.5 Å². The predicted molar refractivity (Wildman–Crippen MR) is 168 cm³/mol. The lowest BCUT2D eigenvalue weighted by Crippen LogP contribution is -2.41. The zero-order valence-corrected chi connectivity index (χ0v) is 24.9. The molecule has 228 valence electrons. The number of ether oxygens (including phenoxy) is 2. The molecule has 3 aromatic carbocycles. The highest BCUT2D eigenvalue weighted by Crippen LogP contribution is 2.39. The lowest BCUT2D eigenvalue weighted by atomic mass is 9.86. The molecule has 1 aliphatic rings. The topological polar surface area (TPSA) is 155 Å². The third-order valence-corrected chi connectivity index (χ3v) is 7.27. The van der Waals surface area contributed by atoms with E-state index < -0.39 is 12.1 Å². The molecular formula is C32H34N6O6. The number of hydrogen-bond donors (Lipinski definition) is 4. The summed E-state index contributed by atoms with van der Waals surface area (Å²) in [7, 11) is 1.41. The molecule has 0 saturated carbocycles. The first-order valence-electron chi connectivity index (χ1n) is 14.1. The lowest BCUT2D eigenvalue weighted by molar-refractivity contribution is 0.0298. The third-order valence-electron chi connectivity index (χ3n) is 7.27. The number of fused-ring (bicyclic) bond motifs is 1. The smallest absolute Gasteiger partial charge is 0.409 e. The zero-order valence-electron chi connectivity index (χ0n) is 24.9. The number of anilines is 3. The summed E-state index contributed by atoms with van der Waals surface area (Å²) >= 11 is 0. The van der Waals surface area contributed by atoms with E-state index in [0.29, 0.717) is 43.4 Å². The number of carbonyl (C=O) groups is 3. The van der Waals surface area contributed by atoms with E-state index >= 15 is 0 Å². The van der Waals surface area contributed by atoms with Crippen LogP contribution in [-0.4, -0.2) is 71.4 Å². The summed E-state index contributed by atoms with van der Waals surface area (Å²) in [5, 5.41) is 19.0. The van der Waals surface area contributed by atoms with E-state index in [2.05, 4.69) is 25.9 Å². The Bertz CT molecular complexity index is 1710. The second kappa shape index (κ2) is 12.6. The largest absolute Gasteiger partial charge is 0.492 e. The number of aromatic nitrogens is 2. The van der Waals surface area contributed by atoms with Gasteiger partial charge in [-0.1, -0.05) is 51.1 Å². The van der Waals surface area contributed by atoms with Crippen molar-refractivity contribution in [3.05, 3.63) is 72.2 Å². The molecule has 4 aromatic rings. The van der Waals surface area contributed by atoms with Gasteiger partial charge in [-0.2, -0.15) is 0 Å². The van der Waals surface area contributed by atoms with E-state index in [1.807, 2.05) is 51.1 Å². The van der Waals surface area contributed by atoms with E-state index in [1.54, 1.807) is 29.3 Å². The molecule has 1 fully saturated rings. The van der Waals surface area contributed by atoms with Crippen LogP contribution < -0.4 is 20.7 Å². The Hall–Kier alpha value is -5.23. The van der Waals surface area contributed by atoms with Crippen molar-refractivity contribution in [2.24, 2.45) is 0 Å². The van der Waals surface area contributed by atoms with Gasteiger partial charge in [0.15, 0.2) is 5.75 Å². The van der Waals surface area contributed by atoms with Crippen molar-refractivity contribution in [1.82, 2.24) is 14.9 Å². The maximum atomic E-state index is 13.3. The Labute approximate surface area is 254 Å². The van der Waals surface area contributed by atoms with Crippen LogP contribution in [0.1, 0.15) is 36.8 Å². The van der Waals surface area contributed by atoms with Crippen molar-refractivity contribution >= 4 is 45.9 Å². The number of rotatable bonds is 6. The summed E-state index contributed by atoms with van der Waals surface area (Å²) < 4.78 is 10.8. The fraction of sp³-hybridized carbons (Fsp3) is 0.281. The van der Waals surface area contributed by atoms with Crippen LogP contribution in [0, 0.1) is 0 Å². The molecular weight excluding hydrogens is 564 g/mol. The highest BCUT2D eigenvalue weighted by atomic mass is 16.5. The van der Waals surface area contributed by atoms with Crippen LogP contribution in [0.15, 0.2) is 60.9 Å². The first-order valence-corrected chi connectivity index (χ1v) is 14.1. The van der Waals surface area contributed by atoms with Gasteiger partial charge >= 0.3 is 12.1 Å². The summed E-state index contributed by atoms with van der Waals surface area (Å²) in [6, 6.07) is 14.1. The van der Waals surface area contributed by atoms with E-state index in [1.165, 1.54) is 13.3 Å². The van der Waals surface area contributed by atoms with Crippen LogP contribution in [0.2, 0.25) is 0 Å². The summed E-state index contributed by atoms with van der Waals surface area (Å²) in [6.07, 6.45) is 1.81. The van der Waals surface area contributed by atoms with Gasteiger partial charge in [0, 0.05) is 24.0 Å². The minimum absolute atomic E-state index is 0.182. The van der Waals surface area contributed by atoms with Crippen molar-refractivity contribution < 1.29 is 29.0 Å². The van der Waals surface area contributed by atoms with Crippen molar-refractivity contribution in [3.63, 3.8) is 0 Å². The summed E-state index contributed by atoms with van der Waals surface area (Å²) in [5.74, 6) is 0.00294. The zero-order chi connectivity index (χ0) is 31.4. The normalized spacial score (nSPS) is 13.3. The molecule has 1 aliphatic heterocycles. The molecule has 12 nitrogen and oxygen atoms in total. The fourth-order valence-corrected chi connectivity index (χ4v) is 5.00. The highest BCUT2D eigenvalue weighted by molar-refractivity contribution is 6.10. The average Bonchev–Trinajstić information content (AvgIpc) is 3.00. The predicted octanol–water partition coefficient (Wildman–Crippen LogP) is 5.81. The molecule has 0 bridgehead atoms. The lowest BCUT2D eigenvalue weighted by Gasteiger charge is -2.26. The van der Waals surface area contributed by atoms with Gasteiger partial charge in [-0.05, 0) is 34.6 Å². The molecule has 0 atom stereocenters. The highest BCUT2D eigenvalue weighted by Gasteiger charge is 2.23. The molecule has 44 heavy (non-hydrogen) atoms. The molecule has 0 aliphatic carbocycles. The maximum absolute atomic E-state index is 13.3. The first-order chi connectivity index (χ1) is 21.0. The SMILES string of the molecule is COc1c(NC(=O)O)cc(C(C)(C)C)cc1NC(=O)Nc1ccc(-c2cnc(C(=O)N3CCOCC3)cn2)c2ccccc12. The second-order valence-corrected chi connectivity index (χ2v) is 11.3. The molecule has 0 spiro atoms. The molecule has 4 amide bonds. The number of nitrogens with one attached hydrogen (secondary N) is 3. The van der Waals surface area contributed by atoms with Crippen molar-refractivity contribution in [2.75, 3.05) is 49.4 Å². The van der Waals surface area contributed by atoms with Gasteiger partial charge in [0.1, 0.15) is 5.69 Å². The van der Waals surface area contributed by atoms with E-state index in [4.69, 9.17) is 9.47 Å². The van der Waals surface area contributed by atoms with Crippen LogP contribution in [-0.2, 0) is 10.2 Å². The van der Waals surface area contributed by atoms with Crippen molar-refractivity contribution in [3.8, 4) is 17.0 Å². The summed E-state index contributed by atoms with van der Waals surface area (Å²) in [4.78, 5) is 48.2. The Morgan fingerprint density at radius 2 is 1.55 bits per heavy atom. The number of amides is 4. The molecule has 4 N–H and O–H groups in total. The molecule has 1 saturated heterocycles. The Balaban J connectivity index is 1.41. The second-order valence-electron chi connectivity index (χ2n) is 11.3. The number of urea groups is 1. The van der Waals surface area contributed by atoms with Gasteiger partial charge in [0.25, 0.3) is 5.91 Å². The molecule has 0 radical (unpaired) electrons. The first kappa shape index (κ1) is 30.2. The molecule has 5 rings (SSSR count). The number of carbonyl (C=O) groups excluding carboxylic acids is 2. The van der Waals surface area contributed by atoms with Gasteiger partial charge in [0.05, 0.1) is 55.5 Å². The van der Waals surface area contributed by atoms with Crippen molar-refractivity contribution in [2.45, 2.75) is 26.2 Å². The van der Waals surface area contributed by atoms with Crippen LogP contribution in [0.5, 0.6) is 5.75 Å². The Kier molecular flexibility index (Phi) is 8.63. The molecule has 0 unspecified atom stereocenters.